The second-order valence-corrected chi connectivity index (χ2v) is 7.55. The Labute approximate surface area is 175 Å². The Morgan fingerprint density at radius 2 is 1.83 bits per heavy atom. The molecule has 0 unspecified atom stereocenters. The molecule has 0 spiro atoms. The van der Waals surface area contributed by atoms with Crippen LogP contribution in [-0.4, -0.2) is 34.1 Å². The van der Waals surface area contributed by atoms with Crippen molar-refractivity contribution >= 4 is 17.5 Å². The van der Waals surface area contributed by atoms with Crippen LogP contribution in [-0.2, 0) is 11.3 Å². The SMILES string of the molecule is CC(C)c1ccccc1O[C@H](C)C(=O)N(C)Cc1nc(-c2ccccc2Cl)no1. The highest BCUT2D eigenvalue weighted by atomic mass is 35.5. The van der Waals surface area contributed by atoms with Crippen LogP contribution in [0.1, 0.15) is 38.1 Å². The van der Waals surface area contributed by atoms with E-state index in [-0.39, 0.29) is 12.5 Å². The highest BCUT2D eigenvalue weighted by molar-refractivity contribution is 6.33. The summed E-state index contributed by atoms with van der Waals surface area (Å²) < 4.78 is 11.2. The molecular weight excluding hydrogens is 390 g/mol. The van der Waals surface area contributed by atoms with E-state index < -0.39 is 6.10 Å². The molecule has 29 heavy (non-hydrogen) atoms. The van der Waals surface area contributed by atoms with E-state index in [1.807, 2.05) is 42.5 Å². The molecule has 7 heteroatoms. The van der Waals surface area contributed by atoms with Crippen molar-refractivity contribution in [3.63, 3.8) is 0 Å². The zero-order valence-corrected chi connectivity index (χ0v) is 17.7. The van der Waals surface area contributed by atoms with Gasteiger partial charge in [-0.05, 0) is 36.6 Å². The monoisotopic (exact) mass is 413 g/mol. The molecule has 1 atom stereocenters. The van der Waals surface area contributed by atoms with Crippen LogP contribution in [0.3, 0.4) is 0 Å². The predicted octanol–water partition coefficient (Wildman–Crippen LogP) is 4.94. The Morgan fingerprint density at radius 3 is 2.55 bits per heavy atom. The maximum atomic E-state index is 12.8. The average Bonchev–Trinajstić information content (AvgIpc) is 3.16. The highest BCUT2D eigenvalue weighted by Gasteiger charge is 2.23. The molecule has 0 aliphatic heterocycles. The summed E-state index contributed by atoms with van der Waals surface area (Å²) in [5.41, 5.74) is 1.75. The van der Waals surface area contributed by atoms with Gasteiger partial charge in [0.25, 0.3) is 5.91 Å². The average molecular weight is 414 g/mol. The molecule has 0 saturated carbocycles. The van der Waals surface area contributed by atoms with Crippen molar-refractivity contribution < 1.29 is 14.1 Å². The minimum Gasteiger partial charge on any atom is -0.481 e. The number of halogens is 1. The van der Waals surface area contributed by atoms with Crippen LogP contribution in [0.15, 0.2) is 53.1 Å². The minimum atomic E-state index is -0.647. The van der Waals surface area contributed by atoms with E-state index in [2.05, 4.69) is 24.0 Å². The second-order valence-electron chi connectivity index (χ2n) is 7.14. The van der Waals surface area contributed by atoms with Gasteiger partial charge in [-0.2, -0.15) is 4.98 Å². The van der Waals surface area contributed by atoms with Crippen molar-refractivity contribution in [2.45, 2.75) is 39.3 Å². The summed E-state index contributed by atoms with van der Waals surface area (Å²) in [5, 5.41) is 4.50. The van der Waals surface area contributed by atoms with Crippen LogP contribution >= 0.6 is 11.6 Å². The first-order chi connectivity index (χ1) is 13.9. The molecule has 0 bridgehead atoms. The van der Waals surface area contributed by atoms with Crippen molar-refractivity contribution in [2.75, 3.05) is 7.05 Å². The number of para-hydroxylation sites is 1. The van der Waals surface area contributed by atoms with Gasteiger partial charge in [-0.25, -0.2) is 0 Å². The Balaban J connectivity index is 1.66. The van der Waals surface area contributed by atoms with Gasteiger partial charge in [-0.1, -0.05) is 60.9 Å². The standard InChI is InChI=1S/C22H24ClN3O3/c1-14(2)16-9-6-8-12-19(16)28-15(3)22(27)26(4)13-20-24-21(25-29-20)17-10-5-7-11-18(17)23/h5-12,14-15H,13H2,1-4H3/t15-/m1/s1. The smallest absolute Gasteiger partial charge is 0.263 e. The number of rotatable bonds is 7. The van der Waals surface area contributed by atoms with Crippen molar-refractivity contribution in [3.8, 4) is 17.1 Å². The first-order valence-corrected chi connectivity index (χ1v) is 9.82. The topological polar surface area (TPSA) is 68.5 Å². The highest BCUT2D eigenvalue weighted by Crippen LogP contribution is 2.27. The fraction of sp³-hybridized carbons (Fsp3) is 0.318. The first kappa shape index (κ1) is 20.9. The summed E-state index contributed by atoms with van der Waals surface area (Å²) in [6.45, 7) is 6.09. The van der Waals surface area contributed by atoms with E-state index in [0.29, 0.717) is 28.2 Å². The van der Waals surface area contributed by atoms with Crippen LogP contribution in [0.5, 0.6) is 5.75 Å². The van der Waals surface area contributed by atoms with Crippen LogP contribution in [0.25, 0.3) is 11.4 Å². The first-order valence-electron chi connectivity index (χ1n) is 9.45. The Bertz CT molecular complexity index is 987. The minimum absolute atomic E-state index is 0.176. The van der Waals surface area contributed by atoms with Crippen LogP contribution < -0.4 is 4.74 Å². The molecule has 3 aromatic rings. The van der Waals surface area contributed by atoms with E-state index in [4.69, 9.17) is 20.9 Å². The zero-order valence-electron chi connectivity index (χ0n) is 16.9. The van der Waals surface area contributed by atoms with E-state index in [1.54, 1.807) is 20.0 Å². The molecule has 1 heterocycles. The third-order valence-electron chi connectivity index (χ3n) is 4.52. The summed E-state index contributed by atoms with van der Waals surface area (Å²) in [5.74, 6) is 1.55. The summed E-state index contributed by atoms with van der Waals surface area (Å²) in [4.78, 5) is 18.6. The quantitative estimate of drug-likeness (QED) is 0.548. The number of carbonyl (C=O) groups excluding carboxylic acids is 1. The summed E-state index contributed by atoms with van der Waals surface area (Å²) in [6.07, 6.45) is -0.647. The second kappa shape index (κ2) is 9.09. The van der Waals surface area contributed by atoms with Gasteiger partial charge in [0.05, 0.1) is 11.6 Å². The third kappa shape index (κ3) is 4.95. The van der Waals surface area contributed by atoms with Crippen LogP contribution in [0.4, 0.5) is 0 Å². The van der Waals surface area contributed by atoms with Crippen molar-refractivity contribution in [3.05, 3.63) is 65.0 Å². The Kier molecular flexibility index (Phi) is 6.54. The molecule has 0 saturated heterocycles. The maximum Gasteiger partial charge on any atom is 0.263 e. The number of carbonyl (C=O) groups is 1. The number of nitrogens with zero attached hydrogens (tertiary/aromatic N) is 3. The predicted molar refractivity (Wildman–Crippen MR) is 112 cm³/mol. The van der Waals surface area contributed by atoms with Gasteiger partial charge in [0, 0.05) is 12.6 Å². The number of hydrogen-bond donors (Lipinski definition) is 0. The van der Waals surface area contributed by atoms with Crippen LogP contribution in [0.2, 0.25) is 5.02 Å². The molecule has 6 nitrogen and oxygen atoms in total. The molecule has 0 fully saturated rings. The lowest BCUT2D eigenvalue weighted by atomic mass is 10.0. The molecule has 3 rings (SSSR count). The van der Waals surface area contributed by atoms with Gasteiger partial charge >= 0.3 is 0 Å². The molecule has 0 aliphatic carbocycles. The van der Waals surface area contributed by atoms with Crippen molar-refractivity contribution in [2.24, 2.45) is 0 Å². The maximum absolute atomic E-state index is 12.8. The van der Waals surface area contributed by atoms with Gasteiger partial charge in [-0.15, -0.1) is 0 Å². The van der Waals surface area contributed by atoms with E-state index in [1.165, 1.54) is 4.90 Å². The number of ether oxygens (including phenoxy) is 1. The molecule has 152 valence electrons. The molecule has 1 amide bonds. The van der Waals surface area contributed by atoms with Crippen molar-refractivity contribution in [1.29, 1.82) is 0 Å². The Morgan fingerprint density at radius 1 is 1.14 bits per heavy atom. The summed E-state index contributed by atoms with van der Waals surface area (Å²) >= 11 is 6.17. The molecule has 0 N–H and O–H groups in total. The molecule has 0 aliphatic rings. The molecular formula is C22H24ClN3O3. The van der Waals surface area contributed by atoms with Gasteiger partial charge in [-0.3, -0.25) is 4.79 Å². The van der Waals surface area contributed by atoms with Gasteiger partial charge in [0.1, 0.15) is 5.75 Å². The number of benzene rings is 2. The van der Waals surface area contributed by atoms with E-state index >= 15 is 0 Å². The fourth-order valence-electron chi connectivity index (χ4n) is 2.97. The van der Waals surface area contributed by atoms with Crippen molar-refractivity contribution in [1.82, 2.24) is 15.0 Å². The Hall–Kier alpha value is -2.86. The molecule has 1 aromatic heterocycles. The number of hydrogen-bond acceptors (Lipinski definition) is 5. The molecule has 0 radical (unpaired) electrons. The lowest BCUT2D eigenvalue weighted by Gasteiger charge is -2.22. The summed E-state index contributed by atoms with van der Waals surface area (Å²) in [7, 11) is 1.68. The summed E-state index contributed by atoms with van der Waals surface area (Å²) in [6, 6.07) is 15.0. The zero-order chi connectivity index (χ0) is 21.0. The largest absolute Gasteiger partial charge is 0.481 e. The molecule has 2 aromatic carbocycles. The fourth-order valence-corrected chi connectivity index (χ4v) is 3.19. The van der Waals surface area contributed by atoms with E-state index in [9.17, 15) is 4.79 Å². The van der Waals surface area contributed by atoms with Gasteiger partial charge in [0.2, 0.25) is 11.7 Å². The normalized spacial score (nSPS) is 12.1. The number of amides is 1. The van der Waals surface area contributed by atoms with Gasteiger partial charge in [0.15, 0.2) is 6.10 Å². The van der Waals surface area contributed by atoms with Gasteiger partial charge < -0.3 is 14.2 Å². The lowest BCUT2D eigenvalue weighted by Crippen LogP contribution is -2.37. The number of aromatic nitrogens is 2. The van der Waals surface area contributed by atoms with Crippen LogP contribution in [0, 0.1) is 0 Å². The lowest BCUT2D eigenvalue weighted by molar-refractivity contribution is -0.137. The number of likely N-dealkylation sites (N-methyl/N-ethyl adjacent to an activating group) is 1. The van der Waals surface area contributed by atoms with E-state index in [0.717, 1.165) is 11.3 Å². The third-order valence-corrected chi connectivity index (χ3v) is 4.85.